The molecule has 0 bridgehead atoms. The van der Waals surface area contributed by atoms with Crippen LogP contribution in [0.4, 0.5) is 0 Å². The maximum Gasteiger partial charge on any atom is 0.233 e. The van der Waals surface area contributed by atoms with Crippen LogP contribution in [0.3, 0.4) is 0 Å². The molecule has 2 aromatic carbocycles. The number of allylic oxidation sites excluding steroid dienone is 1. The zero-order valence-corrected chi connectivity index (χ0v) is 11.8. The molecule has 1 radical (unpaired) electrons. The SMILES string of the molecule is O=C1C=C(O)c2cc3ccccc3cc2C1=O.[Na]. The first-order chi connectivity index (χ1) is 8.16. The minimum absolute atomic E-state index is 0. The fourth-order valence-electron chi connectivity index (χ4n) is 2.04. The predicted octanol–water partition coefficient (Wildman–Crippen LogP) is 2.12. The molecule has 0 aromatic heterocycles. The minimum atomic E-state index is -0.676. The van der Waals surface area contributed by atoms with Gasteiger partial charge in [-0.25, -0.2) is 0 Å². The summed E-state index contributed by atoms with van der Waals surface area (Å²) in [6.07, 6.45) is 0.972. The Bertz CT molecular complexity index is 701. The summed E-state index contributed by atoms with van der Waals surface area (Å²) >= 11 is 0. The van der Waals surface area contributed by atoms with Gasteiger partial charge < -0.3 is 5.11 Å². The first kappa shape index (κ1) is 13.0. The van der Waals surface area contributed by atoms with Crippen molar-refractivity contribution in [3.05, 3.63) is 53.6 Å². The van der Waals surface area contributed by atoms with Crippen molar-refractivity contribution >= 4 is 57.7 Å². The summed E-state index contributed by atoms with van der Waals surface area (Å²) in [6, 6.07) is 10.9. The molecule has 0 atom stereocenters. The Kier molecular flexibility index (Phi) is 3.39. The van der Waals surface area contributed by atoms with Gasteiger partial charge in [-0.3, -0.25) is 9.59 Å². The van der Waals surface area contributed by atoms with E-state index in [0.717, 1.165) is 16.8 Å². The number of fused-ring (bicyclic) bond motifs is 2. The topological polar surface area (TPSA) is 54.4 Å². The molecule has 1 aliphatic rings. The fraction of sp³-hybridized carbons (Fsp3) is 0. The van der Waals surface area contributed by atoms with E-state index in [9.17, 15) is 14.7 Å². The Morgan fingerprint density at radius 1 is 0.889 bits per heavy atom. The molecule has 0 fully saturated rings. The van der Waals surface area contributed by atoms with Gasteiger partial charge in [0.1, 0.15) is 5.76 Å². The summed E-state index contributed by atoms with van der Waals surface area (Å²) in [6.45, 7) is 0. The Hall–Kier alpha value is -1.42. The third-order valence-electron chi connectivity index (χ3n) is 2.90. The number of benzene rings is 2. The smallest absolute Gasteiger partial charge is 0.233 e. The number of Topliss-reactive ketones (excluding diaryl/α,β-unsaturated/α-hetero) is 1. The summed E-state index contributed by atoms with van der Waals surface area (Å²) in [5.74, 6) is -1.39. The molecule has 0 unspecified atom stereocenters. The van der Waals surface area contributed by atoms with Gasteiger partial charge in [0.2, 0.25) is 11.6 Å². The number of carbonyl (C=O) groups is 2. The van der Waals surface area contributed by atoms with Crippen LogP contribution in [-0.4, -0.2) is 46.2 Å². The second kappa shape index (κ2) is 4.69. The number of aliphatic hydroxyl groups excluding tert-OH is 1. The van der Waals surface area contributed by atoms with E-state index in [4.69, 9.17) is 0 Å². The van der Waals surface area contributed by atoms with Crippen molar-refractivity contribution < 1.29 is 14.7 Å². The fourth-order valence-corrected chi connectivity index (χ4v) is 2.04. The maximum absolute atomic E-state index is 11.7. The van der Waals surface area contributed by atoms with Crippen LogP contribution in [0.5, 0.6) is 0 Å². The Balaban J connectivity index is 0.00000120. The number of aliphatic hydroxyl groups is 1. The third kappa shape index (κ3) is 1.90. The average molecular weight is 247 g/mol. The molecule has 4 heteroatoms. The van der Waals surface area contributed by atoms with Gasteiger partial charge in [-0.05, 0) is 22.9 Å². The summed E-state index contributed by atoms with van der Waals surface area (Å²) in [5.41, 5.74) is 0.696. The minimum Gasteiger partial charge on any atom is -0.507 e. The molecule has 1 aliphatic carbocycles. The number of rotatable bonds is 0. The van der Waals surface area contributed by atoms with Gasteiger partial charge in [-0.15, -0.1) is 0 Å². The summed E-state index contributed by atoms with van der Waals surface area (Å²) in [7, 11) is 0. The van der Waals surface area contributed by atoms with Gasteiger partial charge in [0.15, 0.2) is 0 Å². The van der Waals surface area contributed by atoms with Gasteiger partial charge >= 0.3 is 0 Å². The van der Waals surface area contributed by atoms with Crippen LogP contribution < -0.4 is 0 Å². The van der Waals surface area contributed by atoms with Crippen molar-refractivity contribution in [2.24, 2.45) is 0 Å². The molecular weight excluding hydrogens is 239 g/mol. The van der Waals surface area contributed by atoms with E-state index in [-0.39, 0.29) is 40.9 Å². The van der Waals surface area contributed by atoms with E-state index >= 15 is 0 Å². The average Bonchev–Trinajstić information content (AvgIpc) is 2.34. The van der Waals surface area contributed by atoms with Crippen molar-refractivity contribution in [3.63, 3.8) is 0 Å². The van der Waals surface area contributed by atoms with E-state index in [1.807, 2.05) is 24.3 Å². The molecule has 0 saturated carbocycles. The zero-order chi connectivity index (χ0) is 12.0. The number of ketones is 2. The molecule has 83 valence electrons. The number of hydrogen-bond donors (Lipinski definition) is 1. The van der Waals surface area contributed by atoms with Crippen LogP contribution >= 0.6 is 0 Å². The molecule has 0 heterocycles. The van der Waals surface area contributed by atoms with E-state index in [2.05, 4.69) is 0 Å². The van der Waals surface area contributed by atoms with Gasteiger partial charge in [-0.2, -0.15) is 0 Å². The van der Waals surface area contributed by atoms with E-state index in [1.54, 1.807) is 12.1 Å². The molecule has 3 rings (SSSR count). The molecule has 3 nitrogen and oxygen atoms in total. The molecule has 0 amide bonds. The molecule has 0 spiro atoms. The van der Waals surface area contributed by atoms with Gasteiger partial charge in [0.05, 0.1) is 0 Å². The Labute approximate surface area is 125 Å². The molecule has 0 saturated heterocycles. The van der Waals surface area contributed by atoms with E-state index < -0.39 is 11.6 Å². The molecule has 18 heavy (non-hydrogen) atoms. The first-order valence-electron chi connectivity index (χ1n) is 5.19. The molecule has 0 aliphatic heterocycles. The van der Waals surface area contributed by atoms with Gasteiger partial charge in [0.25, 0.3) is 0 Å². The Morgan fingerprint density at radius 2 is 1.44 bits per heavy atom. The molecule has 1 N–H and O–H groups in total. The van der Waals surface area contributed by atoms with E-state index in [0.29, 0.717) is 5.56 Å². The monoisotopic (exact) mass is 247 g/mol. The summed E-state index contributed by atoms with van der Waals surface area (Å²) < 4.78 is 0. The van der Waals surface area contributed by atoms with Crippen molar-refractivity contribution in [2.75, 3.05) is 0 Å². The summed E-state index contributed by atoms with van der Waals surface area (Å²) in [4.78, 5) is 23.0. The standard InChI is InChI=1S/C14H8O3.Na/c15-12-7-13(16)14(17)11-6-9-4-2-1-3-8(9)5-10(11)12;/h1-7,15H;. The Morgan fingerprint density at radius 3 is 2.06 bits per heavy atom. The van der Waals surface area contributed by atoms with Crippen LogP contribution in [0.2, 0.25) is 0 Å². The maximum atomic E-state index is 11.7. The first-order valence-corrected chi connectivity index (χ1v) is 5.19. The van der Waals surface area contributed by atoms with Crippen LogP contribution in [0.1, 0.15) is 15.9 Å². The third-order valence-corrected chi connectivity index (χ3v) is 2.90. The van der Waals surface area contributed by atoms with Crippen LogP contribution in [0.25, 0.3) is 16.5 Å². The van der Waals surface area contributed by atoms with Crippen molar-refractivity contribution in [2.45, 2.75) is 0 Å². The summed E-state index contributed by atoms with van der Waals surface area (Å²) in [5, 5.41) is 11.5. The van der Waals surface area contributed by atoms with Gasteiger partial charge in [-0.1, -0.05) is 24.3 Å². The van der Waals surface area contributed by atoms with Crippen LogP contribution in [0, 0.1) is 0 Å². The van der Waals surface area contributed by atoms with Crippen molar-refractivity contribution in [3.8, 4) is 0 Å². The predicted molar refractivity (Wildman–Crippen MR) is 69.6 cm³/mol. The quantitative estimate of drug-likeness (QED) is 0.573. The second-order valence-corrected chi connectivity index (χ2v) is 3.97. The number of hydrogen-bond acceptors (Lipinski definition) is 3. The largest absolute Gasteiger partial charge is 0.507 e. The molecular formula is C14H8NaO3. The normalized spacial score (nSPS) is 13.9. The number of carbonyl (C=O) groups excluding carboxylic acids is 2. The van der Waals surface area contributed by atoms with Gasteiger partial charge in [0, 0.05) is 46.8 Å². The second-order valence-electron chi connectivity index (χ2n) is 3.97. The van der Waals surface area contributed by atoms with Crippen LogP contribution in [-0.2, 0) is 4.79 Å². The van der Waals surface area contributed by atoms with Crippen LogP contribution in [0.15, 0.2) is 42.5 Å². The molecule has 2 aromatic rings. The van der Waals surface area contributed by atoms with Crippen molar-refractivity contribution in [1.82, 2.24) is 0 Å². The zero-order valence-electron chi connectivity index (χ0n) is 9.81. The van der Waals surface area contributed by atoms with Crippen molar-refractivity contribution in [1.29, 1.82) is 0 Å². The van der Waals surface area contributed by atoms with E-state index in [1.165, 1.54) is 0 Å².